The van der Waals surface area contributed by atoms with Crippen LogP contribution in [-0.4, -0.2) is 43.7 Å². The van der Waals surface area contributed by atoms with E-state index in [-0.39, 0.29) is 5.91 Å². The van der Waals surface area contributed by atoms with Gasteiger partial charge in [-0.2, -0.15) is 0 Å². The van der Waals surface area contributed by atoms with Gasteiger partial charge < -0.3 is 15.4 Å². The first-order valence-electron chi connectivity index (χ1n) is 6.39. The lowest BCUT2D eigenvalue weighted by atomic mass is 10.0. The molecule has 0 saturated carbocycles. The van der Waals surface area contributed by atoms with Gasteiger partial charge in [-0.15, -0.1) is 0 Å². The summed E-state index contributed by atoms with van der Waals surface area (Å²) < 4.78 is 5.25. The van der Waals surface area contributed by atoms with E-state index in [0.717, 1.165) is 11.1 Å². The van der Waals surface area contributed by atoms with Crippen molar-refractivity contribution in [1.82, 2.24) is 4.90 Å². The zero-order valence-corrected chi connectivity index (χ0v) is 11.1. The van der Waals surface area contributed by atoms with E-state index in [2.05, 4.69) is 11.8 Å². The topological polar surface area (TPSA) is 55.6 Å². The summed E-state index contributed by atoms with van der Waals surface area (Å²) in [7, 11) is 0. The van der Waals surface area contributed by atoms with Gasteiger partial charge in [0.25, 0.3) is 5.91 Å². The van der Waals surface area contributed by atoms with E-state index >= 15 is 0 Å². The van der Waals surface area contributed by atoms with Crippen molar-refractivity contribution in [3.63, 3.8) is 0 Å². The number of amides is 1. The third-order valence-electron chi connectivity index (χ3n) is 3.11. The van der Waals surface area contributed by atoms with Crippen molar-refractivity contribution >= 4 is 5.91 Å². The molecule has 19 heavy (non-hydrogen) atoms. The third kappa shape index (κ3) is 3.34. The highest BCUT2D eigenvalue weighted by molar-refractivity contribution is 5.94. The highest BCUT2D eigenvalue weighted by atomic mass is 16.5. The second-order valence-corrected chi connectivity index (χ2v) is 4.44. The van der Waals surface area contributed by atoms with Crippen LogP contribution in [0.4, 0.5) is 0 Å². The molecule has 4 nitrogen and oxygen atoms in total. The second-order valence-electron chi connectivity index (χ2n) is 4.44. The number of hydrogen-bond acceptors (Lipinski definition) is 3. The van der Waals surface area contributed by atoms with Crippen LogP contribution in [0, 0.1) is 18.8 Å². The predicted octanol–water partition coefficient (Wildman–Crippen LogP) is 0.778. The average Bonchev–Trinajstić information content (AvgIpc) is 2.46. The van der Waals surface area contributed by atoms with E-state index in [4.69, 9.17) is 10.5 Å². The number of nitrogens with zero attached hydrogens (tertiary/aromatic N) is 1. The quantitative estimate of drug-likeness (QED) is 0.757. The average molecular weight is 258 g/mol. The minimum Gasteiger partial charge on any atom is -0.378 e. The number of nitrogens with two attached hydrogens (primary N) is 1. The highest BCUT2D eigenvalue weighted by Gasteiger charge is 2.18. The zero-order valence-electron chi connectivity index (χ0n) is 11.1. The molecular weight excluding hydrogens is 240 g/mol. The summed E-state index contributed by atoms with van der Waals surface area (Å²) in [6.45, 7) is 4.81. The summed E-state index contributed by atoms with van der Waals surface area (Å²) in [6.07, 6.45) is 0. The van der Waals surface area contributed by atoms with Crippen LogP contribution in [0.25, 0.3) is 0 Å². The fourth-order valence-electron chi connectivity index (χ4n) is 1.98. The Morgan fingerprint density at radius 1 is 1.42 bits per heavy atom. The number of aryl methyl sites for hydroxylation is 1. The maximum absolute atomic E-state index is 12.3. The van der Waals surface area contributed by atoms with Gasteiger partial charge in [0, 0.05) is 24.2 Å². The molecule has 1 aliphatic rings. The van der Waals surface area contributed by atoms with E-state index in [0.29, 0.717) is 38.4 Å². The number of morpholine rings is 1. The summed E-state index contributed by atoms with van der Waals surface area (Å²) in [5.74, 6) is 5.87. The lowest BCUT2D eigenvalue weighted by molar-refractivity contribution is 0.0303. The summed E-state index contributed by atoms with van der Waals surface area (Å²) in [4.78, 5) is 14.1. The van der Waals surface area contributed by atoms with Gasteiger partial charge in [-0.05, 0) is 24.6 Å². The van der Waals surface area contributed by atoms with Crippen molar-refractivity contribution in [1.29, 1.82) is 0 Å². The molecule has 1 amide bonds. The molecular formula is C15H18N2O2. The van der Waals surface area contributed by atoms with Gasteiger partial charge in [-0.3, -0.25) is 4.79 Å². The Morgan fingerprint density at radius 2 is 2.16 bits per heavy atom. The normalized spacial score (nSPS) is 14.7. The summed E-state index contributed by atoms with van der Waals surface area (Å²) in [6, 6.07) is 5.62. The van der Waals surface area contributed by atoms with Crippen molar-refractivity contribution in [3.8, 4) is 11.8 Å². The summed E-state index contributed by atoms with van der Waals surface area (Å²) >= 11 is 0. The second kappa shape index (κ2) is 6.37. The van der Waals surface area contributed by atoms with Crippen LogP contribution < -0.4 is 5.73 Å². The number of carbonyl (C=O) groups excluding carboxylic acids is 1. The van der Waals surface area contributed by atoms with Crippen LogP contribution in [0.5, 0.6) is 0 Å². The molecule has 4 heteroatoms. The number of rotatable bonds is 1. The standard InChI is InChI=1S/C15H18N2O2/c1-12-4-5-14(11-13(12)3-2-6-16)15(18)17-7-9-19-10-8-17/h4-5,11H,6-10,16H2,1H3. The monoisotopic (exact) mass is 258 g/mol. The SMILES string of the molecule is Cc1ccc(C(=O)N2CCOCC2)cc1C#CCN. The lowest BCUT2D eigenvalue weighted by Gasteiger charge is -2.27. The van der Waals surface area contributed by atoms with E-state index in [1.165, 1.54) is 0 Å². The minimum atomic E-state index is 0.0408. The molecule has 0 spiro atoms. The van der Waals surface area contributed by atoms with Crippen LogP contribution in [-0.2, 0) is 4.74 Å². The summed E-state index contributed by atoms with van der Waals surface area (Å²) in [5.41, 5.74) is 7.97. The number of benzene rings is 1. The number of ether oxygens (including phenoxy) is 1. The molecule has 100 valence electrons. The molecule has 2 N–H and O–H groups in total. The highest BCUT2D eigenvalue weighted by Crippen LogP contribution is 2.13. The number of carbonyl (C=O) groups is 1. The first kappa shape index (κ1) is 13.6. The van der Waals surface area contributed by atoms with Crippen molar-refractivity contribution in [2.45, 2.75) is 6.92 Å². The fourth-order valence-corrected chi connectivity index (χ4v) is 1.98. The molecule has 0 unspecified atom stereocenters. The van der Waals surface area contributed by atoms with E-state index in [9.17, 15) is 4.79 Å². The van der Waals surface area contributed by atoms with Crippen LogP contribution in [0.3, 0.4) is 0 Å². The molecule has 0 aliphatic carbocycles. The van der Waals surface area contributed by atoms with Gasteiger partial charge in [0.15, 0.2) is 0 Å². The molecule has 1 aromatic carbocycles. The van der Waals surface area contributed by atoms with Crippen molar-refractivity contribution < 1.29 is 9.53 Å². The first-order chi connectivity index (χ1) is 9.22. The Bertz CT molecular complexity index is 523. The molecule has 0 bridgehead atoms. The Kier molecular flexibility index (Phi) is 4.56. The van der Waals surface area contributed by atoms with Gasteiger partial charge in [0.1, 0.15) is 0 Å². The van der Waals surface area contributed by atoms with Crippen molar-refractivity contribution in [2.24, 2.45) is 5.73 Å². The van der Waals surface area contributed by atoms with Gasteiger partial charge in [0.05, 0.1) is 19.8 Å². The van der Waals surface area contributed by atoms with Gasteiger partial charge in [0.2, 0.25) is 0 Å². The van der Waals surface area contributed by atoms with E-state index in [1.807, 2.05) is 30.0 Å². The molecule has 0 aromatic heterocycles. The summed E-state index contributed by atoms with van der Waals surface area (Å²) in [5, 5.41) is 0. The van der Waals surface area contributed by atoms with Crippen LogP contribution >= 0.6 is 0 Å². The van der Waals surface area contributed by atoms with Gasteiger partial charge >= 0.3 is 0 Å². The largest absolute Gasteiger partial charge is 0.378 e. The molecule has 1 fully saturated rings. The van der Waals surface area contributed by atoms with Crippen molar-refractivity contribution in [3.05, 3.63) is 34.9 Å². The van der Waals surface area contributed by atoms with Gasteiger partial charge in [-0.25, -0.2) is 0 Å². The van der Waals surface area contributed by atoms with Crippen molar-refractivity contribution in [2.75, 3.05) is 32.8 Å². The van der Waals surface area contributed by atoms with E-state index in [1.54, 1.807) is 0 Å². The van der Waals surface area contributed by atoms with Crippen LogP contribution in [0.15, 0.2) is 18.2 Å². The maximum Gasteiger partial charge on any atom is 0.254 e. The number of hydrogen-bond donors (Lipinski definition) is 1. The van der Waals surface area contributed by atoms with Gasteiger partial charge in [-0.1, -0.05) is 17.9 Å². The minimum absolute atomic E-state index is 0.0408. The zero-order chi connectivity index (χ0) is 13.7. The lowest BCUT2D eigenvalue weighted by Crippen LogP contribution is -2.40. The molecule has 1 saturated heterocycles. The Hall–Kier alpha value is -1.83. The van der Waals surface area contributed by atoms with Crippen LogP contribution in [0.1, 0.15) is 21.5 Å². The Labute approximate surface area is 113 Å². The first-order valence-corrected chi connectivity index (χ1v) is 6.39. The molecule has 1 aliphatic heterocycles. The molecule has 2 rings (SSSR count). The molecule has 1 heterocycles. The molecule has 0 radical (unpaired) electrons. The molecule has 1 aromatic rings. The predicted molar refractivity (Wildman–Crippen MR) is 73.8 cm³/mol. The maximum atomic E-state index is 12.3. The Morgan fingerprint density at radius 3 is 2.84 bits per heavy atom. The third-order valence-corrected chi connectivity index (χ3v) is 3.11. The molecule has 0 atom stereocenters. The smallest absolute Gasteiger partial charge is 0.254 e. The van der Waals surface area contributed by atoms with E-state index < -0.39 is 0 Å². The Balaban J connectivity index is 2.22. The van der Waals surface area contributed by atoms with Crippen LogP contribution in [0.2, 0.25) is 0 Å². The fraction of sp³-hybridized carbons (Fsp3) is 0.400.